The van der Waals surface area contributed by atoms with Gasteiger partial charge in [0.25, 0.3) is 0 Å². The molecule has 344 valence electrons. The average Bonchev–Trinajstić information content (AvgIpc) is 4.10. The number of benzene rings is 4. The van der Waals surface area contributed by atoms with Crippen LogP contribution in [-0.4, -0.2) is 54.3 Å². The van der Waals surface area contributed by atoms with E-state index in [1.54, 1.807) is 34.2 Å². The maximum atomic E-state index is 9.65. The molecule has 67 heavy (non-hydrogen) atoms. The highest BCUT2D eigenvalue weighted by Crippen LogP contribution is 2.37. The second kappa shape index (κ2) is 22.2. The van der Waals surface area contributed by atoms with Crippen LogP contribution in [0, 0.1) is 13.8 Å². The molecule has 0 aliphatic carbocycles. The van der Waals surface area contributed by atoms with E-state index < -0.39 is 0 Å². The van der Waals surface area contributed by atoms with Gasteiger partial charge in [0.2, 0.25) is 0 Å². The van der Waals surface area contributed by atoms with Crippen LogP contribution >= 0.6 is 23.2 Å². The summed E-state index contributed by atoms with van der Waals surface area (Å²) in [5, 5.41) is 25.6. The first-order chi connectivity index (χ1) is 32.7. The molecular formula is C52H52Cl2N8O5. The van der Waals surface area contributed by atoms with Gasteiger partial charge in [-0.2, -0.15) is 10.2 Å². The van der Waals surface area contributed by atoms with Gasteiger partial charge in [0.05, 0.1) is 16.7 Å². The van der Waals surface area contributed by atoms with E-state index in [9.17, 15) is 5.11 Å². The highest BCUT2D eigenvalue weighted by molar-refractivity contribution is 6.32. The largest absolute Gasteiger partial charge is 0.488 e. The molecule has 1 unspecified atom stereocenters. The fourth-order valence-electron chi connectivity index (χ4n) is 7.44. The lowest BCUT2D eigenvalue weighted by molar-refractivity contribution is 0.249. The zero-order valence-corrected chi connectivity index (χ0v) is 39.3. The standard InChI is InChI=1S/C52H52Cl2N8O5/c1-34(29-63)56-28-42-22-46(54)50(24-48(42)65-31-38-14-16-52(58-26-38)62-20-8-18-60-62)67-33-40-10-6-12-44(36(40)3)43-11-5-9-39(35(43)2)32-66-49-23-47(41(27-55-4)21-45(49)53)64-30-37-13-15-51(57-25-37)61-19-7-17-59-61/h5-26,34,55-56,63H,27-33H2,1-4H3. The van der Waals surface area contributed by atoms with Gasteiger partial charge in [0, 0.05) is 90.7 Å². The number of pyridine rings is 2. The molecule has 8 aromatic rings. The van der Waals surface area contributed by atoms with Crippen LogP contribution in [-0.2, 0) is 39.5 Å². The molecule has 4 aromatic heterocycles. The summed E-state index contributed by atoms with van der Waals surface area (Å²) >= 11 is 13.7. The van der Waals surface area contributed by atoms with Gasteiger partial charge in [0.15, 0.2) is 11.6 Å². The number of halogens is 2. The Morgan fingerprint density at radius 1 is 0.582 bits per heavy atom. The lowest BCUT2D eigenvalue weighted by Crippen LogP contribution is -2.28. The molecule has 4 aromatic carbocycles. The average molecular weight is 940 g/mol. The maximum Gasteiger partial charge on any atom is 0.153 e. The van der Waals surface area contributed by atoms with Gasteiger partial charge in [0.1, 0.15) is 49.4 Å². The predicted molar refractivity (Wildman–Crippen MR) is 260 cm³/mol. The molecule has 0 aliphatic heterocycles. The topological polar surface area (TPSA) is 143 Å². The normalized spacial score (nSPS) is 11.7. The first-order valence-electron chi connectivity index (χ1n) is 21.9. The molecule has 0 radical (unpaired) electrons. The van der Waals surface area contributed by atoms with E-state index in [1.165, 1.54) is 0 Å². The molecule has 1 atom stereocenters. The summed E-state index contributed by atoms with van der Waals surface area (Å²) in [6.07, 6.45) is 10.7. The number of hydrogen-bond acceptors (Lipinski definition) is 11. The van der Waals surface area contributed by atoms with Gasteiger partial charge < -0.3 is 34.7 Å². The van der Waals surface area contributed by atoms with Gasteiger partial charge in [-0.15, -0.1) is 0 Å². The van der Waals surface area contributed by atoms with Gasteiger partial charge in [-0.25, -0.2) is 19.3 Å². The van der Waals surface area contributed by atoms with Crippen molar-refractivity contribution in [3.05, 3.63) is 189 Å². The highest BCUT2D eigenvalue weighted by atomic mass is 35.5. The number of aliphatic hydroxyl groups excluding tert-OH is 1. The van der Waals surface area contributed by atoms with Gasteiger partial charge in [-0.3, -0.25) is 0 Å². The first-order valence-corrected chi connectivity index (χ1v) is 22.6. The van der Waals surface area contributed by atoms with E-state index in [1.807, 2.05) is 99.2 Å². The van der Waals surface area contributed by atoms with E-state index in [0.717, 1.165) is 61.5 Å². The second-order valence-corrected chi connectivity index (χ2v) is 16.9. The molecule has 0 bridgehead atoms. The molecular weight excluding hydrogens is 888 g/mol. The molecule has 0 saturated carbocycles. The smallest absolute Gasteiger partial charge is 0.153 e. The number of ether oxygens (including phenoxy) is 4. The Bertz CT molecular complexity index is 2880. The molecule has 0 saturated heterocycles. The van der Waals surface area contributed by atoms with Crippen LogP contribution in [0.2, 0.25) is 10.0 Å². The predicted octanol–water partition coefficient (Wildman–Crippen LogP) is 9.94. The van der Waals surface area contributed by atoms with Gasteiger partial charge in [-0.1, -0.05) is 71.7 Å². The Hall–Kier alpha value is -6.74. The molecule has 0 fully saturated rings. The molecule has 8 rings (SSSR count). The van der Waals surface area contributed by atoms with Crippen LogP contribution in [0.4, 0.5) is 0 Å². The van der Waals surface area contributed by atoms with Crippen molar-refractivity contribution in [2.24, 2.45) is 0 Å². The summed E-state index contributed by atoms with van der Waals surface area (Å²) in [7, 11) is 1.88. The SMILES string of the molecule is CNCc1cc(Cl)c(OCc2cccc(-c3cccc(COc4cc(OCc5ccc(-n6cccn6)nc5)c(CNC(C)CO)cc4Cl)c3C)c2C)cc1OCc1ccc(-n2cccn2)nc1. The van der Waals surface area contributed by atoms with Gasteiger partial charge in [-0.05, 0) is 97.6 Å². The summed E-state index contributed by atoms with van der Waals surface area (Å²) in [6, 6.07) is 31.2. The zero-order valence-electron chi connectivity index (χ0n) is 37.7. The first kappa shape index (κ1) is 46.8. The van der Waals surface area contributed by atoms with Crippen molar-refractivity contribution in [1.82, 2.24) is 40.2 Å². The number of nitrogens with one attached hydrogen (secondary N) is 2. The van der Waals surface area contributed by atoms with Crippen LogP contribution in [0.15, 0.2) is 134 Å². The number of nitrogens with zero attached hydrogens (tertiary/aromatic N) is 6. The summed E-state index contributed by atoms with van der Waals surface area (Å²) in [4.78, 5) is 9.07. The van der Waals surface area contributed by atoms with Gasteiger partial charge >= 0.3 is 0 Å². The minimum absolute atomic E-state index is 0.00256. The summed E-state index contributed by atoms with van der Waals surface area (Å²) in [6.45, 7) is 8.28. The van der Waals surface area contributed by atoms with Crippen molar-refractivity contribution < 1.29 is 24.1 Å². The zero-order chi connectivity index (χ0) is 46.7. The second-order valence-electron chi connectivity index (χ2n) is 16.1. The summed E-state index contributed by atoms with van der Waals surface area (Å²) in [5.74, 6) is 3.73. The summed E-state index contributed by atoms with van der Waals surface area (Å²) in [5.41, 5.74) is 9.91. The monoisotopic (exact) mass is 938 g/mol. The fraction of sp³-hybridized carbons (Fsp3) is 0.231. The Morgan fingerprint density at radius 2 is 1.06 bits per heavy atom. The Kier molecular flexibility index (Phi) is 15.5. The Labute approximate surface area is 400 Å². The Balaban J connectivity index is 0.952. The third-order valence-corrected chi connectivity index (χ3v) is 11.9. The molecule has 15 heteroatoms. The van der Waals surface area contributed by atoms with Crippen LogP contribution in [0.1, 0.15) is 51.4 Å². The Morgan fingerprint density at radius 3 is 1.48 bits per heavy atom. The van der Waals surface area contributed by atoms with Crippen LogP contribution in [0.25, 0.3) is 22.8 Å². The van der Waals surface area contributed by atoms with E-state index >= 15 is 0 Å². The quantitative estimate of drug-likeness (QED) is 0.0634. The van der Waals surface area contributed by atoms with Crippen molar-refractivity contribution >= 4 is 23.2 Å². The number of hydrogen-bond donors (Lipinski definition) is 3. The lowest BCUT2D eigenvalue weighted by Gasteiger charge is -2.19. The fourth-order valence-corrected chi connectivity index (χ4v) is 7.92. The third-order valence-electron chi connectivity index (χ3n) is 11.3. The van der Waals surface area contributed by atoms with Crippen molar-refractivity contribution in [2.75, 3.05) is 13.7 Å². The maximum absolute atomic E-state index is 9.65. The van der Waals surface area contributed by atoms with Crippen molar-refractivity contribution in [3.63, 3.8) is 0 Å². The molecule has 13 nitrogen and oxygen atoms in total. The highest BCUT2D eigenvalue weighted by Gasteiger charge is 2.17. The molecule has 0 amide bonds. The van der Waals surface area contributed by atoms with Crippen molar-refractivity contribution in [3.8, 4) is 45.8 Å². The van der Waals surface area contributed by atoms with Crippen molar-refractivity contribution in [1.29, 1.82) is 0 Å². The summed E-state index contributed by atoms with van der Waals surface area (Å²) < 4.78 is 29.0. The van der Waals surface area contributed by atoms with Crippen LogP contribution < -0.4 is 29.6 Å². The van der Waals surface area contributed by atoms with E-state index in [-0.39, 0.29) is 25.9 Å². The van der Waals surface area contributed by atoms with E-state index in [4.69, 9.17) is 42.1 Å². The van der Waals surface area contributed by atoms with E-state index in [0.29, 0.717) is 65.2 Å². The molecule has 4 heterocycles. The minimum atomic E-state index is -0.116. The third kappa shape index (κ3) is 11.6. The molecule has 0 aliphatic rings. The number of aromatic nitrogens is 6. The lowest BCUT2D eigenvalue weighted by atomic mass is 9.92. The molecule has 3 N–H and O–H groups in total. The minimum Gasteiger partial charge on any atom is -0.488 e. The van der Waals surface area contributed by atoms with Crippen LogP contribution in [0.3, 0.4) is 0 Å². The van der Waals surface area contributed by atoms with E-state index in [2.05, 4.69) is 68.9 Å². The van der Waals surface area contributed by atoms with Crippen LogP contribution in [0.5, 0.6) is 23.0 Å². The number of aliphatic hydroxyl groups is 1. The molecule has 0 spiro atoms. The van der Waals surface area contributed by atoms with Crippen molar-refractivity contribution in [2.45, 2.75) is 66.3 Å². The number of rotatable bonds is 21.